The van der Waals surface area contributed by atoms with Crippen LogP contribution in [0.2, 0.25) is 0 Å². The van der Waals surface area contributed by atoms with Crippen molar-refractivity contribution in [2.24, 2.45) is 11.3 Å². The topological polar surface area (TPSA) is 102 Å². The van der Waals surface area contributed by atoms with Gasteiger partial charge in [-0.25, -0.2) is 8.42 Å². The molecule has 1 spiro atoms. The maximum Gasteiger partial charge on any atom is 0.430 e. The Morgan fingerprint density at radius 3 is 2.40 bits per heavy atom. The fraction of sp³-hybridized carbons (Fsp3) is 0.548. The molecule has 1 N–H and O–H groups in total. The maximum absolute atomic E-state index is 14.6. The van der Waals surface area contributed by atoms with Gasteiger partial charge in [-0.2, -0.15) is 13.2 Å². The number of carbonyl (C=O) groups is 2. The zero-order valence-corrected chi connectivity index (χ0v) is 24.9. The quantitative estimate of drug-likeness (QED) is 0.497. The van der Waals surface area contributed by atoms with Gasteiger partial charge in [0.2, 0.25) is 5.91 Å². The number of hydrogen-bond donors (Lipinski definition) is 1. The van der Waals surface area contributed by atoms with Crippen LogP contribution in [0.1, 0.15) is 49.1 Å². The minimum atomic E-state index is -5.00. The van der Waals surface area contributed by atoms with E-state index in [4.69, 9.17) is 9.47 Å². The standard InChI is InChI=1S/C31H37F3N2O6S/c1-41-30(31(32,33)34,23-9-3-2-4-10-23)28(38)36-15-13-29(14-16-36)18-27(37)35-19-25(29)24-11-5-6-12-26(24)42-20-22-8-7-17-43(39,40)21-22/h2-6,9-12,22,25H,7-8,13-21H2,1H3,(H,35,37)/t22?,25?,30-/m1/s1. The Hall–Kier alpha value is -3.12. The number of hydrogen-bond acceptors (Lipinski definition) is 6. The van der Waals surface area contributed by atoms with Gasteiger partial charge in [-0.3, -0.25) is 9.59 Å². The average Bonchev–Trinajstić information content (AvgIpc) is 2.97. The summed E-state index contributed by atoms with van der Waals surface area (Å²) < 4.78 is 79.2. The molecular formula is C31H37F3N2O6S. The number of para-hydroxylation sites is 1. The number of nitrogens with one attached hydrogen (secondary N) is 1. The number of nitrogens with zero attached hydrogens (tertiary/aromatic N) is 1. The van der Waals surface area contributed by atoms with Crippen LogP contribution in [-0.4, -0.2) is 76.2 Å². The molecule has 2 unspecified atom stereocenters. The Morgan fingerprint density at radius 1 is 1.07 bits per heavy atom. The van der Waals surface area contributed by atoms with Crippen LogP contribution in [0.15, 0.2) is 54.6 Å². The number of amides is 2. The van der Waals surface area contributed by atoms with E-state index in [1.807, 2.05) is 24.3 Å². The summed E-state index contributed by atoms with van der Waals surface area (Å²) in [5, 5.41) is 2.93. The molecule has 0 bridgehead atoms. The summed E-state index contributed by atoms with van der Waals surface area (Å²) in [6.07, 6.45) is -2.83. The van der Waals surface area contributed by atoms with Crippen LogP contribution in [0.5, 0.6) is 5.75 Å². The molecule has 3 aliphatic heterocycles. The van der Waals surface area contributed by atoms with Crippen molar-refractivity contribution in [3.8, 4) is 5.75 Å². The number of methoxy groups -OCH3 is 1. The molecule has 0 aliphatic carbocycles. The lowest BCUT2D eigenvalue weighted by atomic mass is 9.62. The van der Waals surface area contributed by atoms with Crippen molar-refractivity contribution >= 4 is 21.7 Å². The molecule has 0 aromatic heterocycles. The monoisotopic (exact) mass is 622 g/mol. The average molecular weight is 623 g/mol. The van der Waals surface area contributed by atoms with Crippen LogP contribution in [-0.2, 0) is 29.8 Å². The van der Waals surface area contributed by atoms with Gasteiger partial charge < -0.3 is 19.7 Å². The number of sulfone groups is 1. The first-order chi connectivity index (χ1) is 20.4. The molecule has 12 heteroatoms. The second kappa shape index (κ2) is 12.1. The molecule has 5 rings (SSSR count). The Labute approximate surface area is 249 Å². The molecule has 2 amide bonds. The van der Waals surface area contributed by atoms with E-state index in [0.717, 1.165) is 19.1 Å². The molecule has 43 heavy (non-hydrogen) atoms. The van der Waals surface area contributed by atoms with Crippen molar-refractivity contribution in [1.82, 2.24) is 10.2 Å². The van der Waals surface area contributed by atoms with Crippen LogP contribution in [0.4, 0.5) is 13.2 Å². The first-order valence-electron chi connectivity index (χ1n) is 14.6. The van der Waals surface area contributed by atoms with Crippen molar-refractivity contribution in [3.63, 3.8) is 0 Å². The van der Waals surface area contributed by atoms with E-state index >= 15 is 0 Å². The third kappa shape index (κ3) is 6.13. The second-order valence-corrected chi connectivity index (χ2v) is 14.1. The van der Waals surface area contributed by atoms with Crippen molar-refractivity contribution in [2.75, 3.05) is 44.9 Å². The Kier molecular flexibility index (Phi) is 8.82. The summed E-state index contributed by atoms with van der Waals surface area (Å²) in [4.78, 5) is 27.5. The van der Waals surface area contributed by atoms with Gasteiger partial charge in [0.05, 0.1) is 18.1 Å². The molecule has 0 saturated carbocycles. The molecule has 3 heterocycles. The van der Waals surface area contributed by atoms with Gasteiger partial charge in [0, 0.05) is 50.6 Å². The molecule has 0 radical (unpaired) electrons. The molecule has 2 aromatic rings. The zero-order valence-electron chi connectivity index (χ0n) is 24.1. The smallest absolute Gasteiger partial charge is 0.430 e. The predicted octanol–water partition coefficient (Wildman–Crippen LogP) is 4.21. The lowest BCUT2D eigenvalue weighted by Crippen LogP contribution is -2.60. The fourth-order valence-corrected chi connectivity index (χ4v) is 8.79. The summed E-state index contributed by atoms with van der Waals surface area (Å²) in [5.41, 5.74) is -3.18. The third-order valence-electron chi connectivity index (χ3n) is 9.31. The lowest BCUT2D eigenvalue weighted by molar-refractivity contribution is -0.271. The van der Waals surface area contributed by atoms with Crippen molar-refractivity contribution in [2.45, 2.75) is 49.8 Å². The number of piperidine rings is 2. The highest BCUT2D eigenvalue weighted by molar-refractivity contribution is 7.91. The number of rotatable bonds is 7. The summed E-state index contributed by atoms with van der Waals surface area (Å²) >= 11 is 0. The Morgan fingerprint density at radius 2 is 1.74 bits per heavy atom. The van der Waals surface area contributed by atoms with E-state index in [1.54, 1.807) is 6.07 Å². The van der Waals surface area contributed by atoms with Crippen molar-refractivity contribution < 1.29 is 40.7 Å². The second-order valence-electron chi connectivity index (χ2n) is 11.9. The SMILES string of the molecule is CO[C@@](C(=O)N1CCC2(CC1)CC(=O)NCC2c1ccccc1OCC1CCCS(=O)(=O)C1)(c1ccccc1)C(F)(F)F. The first-order valence-corrected chi connectivity index (χ1v) is 16.4. The van der Waals surface area contributed by atoms with Gasteiger partial charge in [0.1, 0.15) is 5.75 Å². The van der Waals surface area contributed by atoms with Crippen LogP contribution >= 0.6 is 0 Å². The molecule has 2 aromatic carbocycles. The molecule has 234 valence electrons. The molecule has 3 atom stereocenters. The van der Waals surface area contributed by atoms with Crippen molar-refractivity contribution in [1.29, 1.82) is 0 Å². The molecular weight excluding hydrogens is 585 g/mol. The third-order valence-corrected chi connectivity index (χ3v) is 11.2. The van der Waals surface area contributed by atoms with Crippen LogP contribution in [0.25, 0.3) is 0 Å². The summed E-state index contributed by atoms with van der Waals surface area (Å²) in [6.45, 7) is 0.624. The van der Waals surface area contributed by atoms with Gasteiger partial charge >= 0.3 is 6.18 Å². The fourth-order valence-electron chi connectivity index (χ4n) is 7.04. The van der Waals surface area contributed by atoms with Crippen molar-refractivity contribution in [3.05, 3.63) is 65.7 Å². The number of halogens is 3. The zero-order chi connectivity index (χ0) is 30.9. The highest BCUT2D eigenvalue weighted by Gasteiger charge is 2.64. The number of alkyl halides is 3. The van der Waals surface area contributed by atoms with Gasteiger partial charge in [0.25, 0.3) is 11.5 Å². The van der Waals surface area contributed by atoms with Crippen LogP contribution in [0.3, 0.4) is 0 Å². The van der Waals surface area contributed by atoms with Crippen LogP contribution < -0.4 is 10.1 Å². The van der Waals surface area contributed by atoms with E-state index < -0.39 is 32.9 Å². The molecule has 3 aliphatic rings. The molecule has 8 nitrogen and oxygen atoms in total. The van der Waals surface area contributed by atoms with E-state index in [2.05, 4.69) is 5.32 Å². The first kappa shape index (κ1) is 31.3. The highest BCUT2D eigenvalue weighted by atomic mass is 32.2. The molecule has 3 saturated heterocycles. The summed E-state index contributed by atoms with van der Waals surface area (Å²) in [7, 11) is -2.19. The van der Waals surface area contributed by atoms with Gasteiger partial charge in [-0.15, -0.1) is 0 Å². The highest BCUT2D eigenvalue weighted by Crippen LogP contribution is 2.52. The minimum Gasteiger partial charge on any atom is -0.493 e. The van der Waals surface area contributed by atoms with Gasteiger partial charge in [-0.05, 0) is 42.7 Å². The summed E-state index contributed by atoms with van der Waals surface area (Å²) in [6, 6.07) is 14.4. The lowest BCUT2D eigenvalue weighted by Gasteiger charge is -2.50. The van der Waals surface area contributed by atoms with E-state index in [9.17, 15) is 31.2 Å². The Bertz CT molecular complexity index is 1430. The normalized spacial score (nSPS) is 25.0. The van der Waals surface area contributed by atoms with Gasteiger partial charge in [0.15, 0.2) is 9.84 Å². The Balaban J connectivity index is 1.37. The molecule has 3 fully saturated rings. The number of likely N-dealkylation sites (tertiary alicyclic amines) is 1. The maximum atomic E-state index is 14.6. The number of benzene rings is 2. The summed E-state index contributed by atoms with van der Waals surface area (Å²) in [5.74, 6) is -0.753. The van der Waals surface area contributed by atoms with E-state index in [0.29, 0.717) is 31.6 Å². The van der Waals surface area contributed by atoms with Crippen LogP contribution in [0, 0.1) is 11.3 Å². The van der Waals surface area contributed by atoms with E-state index in [1.165, 1.54) is 29.2 Å². The van der Waals surface area contributed by atoms with E-state index in [-0.39, 0.29) is 60.9 Å². The largest absolute Gasteiger partial charge is 0.493 e. The number of carbonyl (C=O) groups excluding carboxylic acids is 2. The minimum absolute atomic E-state index is 0.0274. The van der Waals surface area contributed by atoms with Gasteiger partial charge in [-0.1, -0.05) is 48.5 Å². The number of ether oxygens (including phenoxy) is 2. The predicted molar refractivity (Wildman–Crippen MR) is 153 cm³/mol.